The number of hydrogen-bond acceptors (Lipinski definition) is 5. The van der Waals surface area contributed by atoms with Gasteiger partial charge in [-0.15, -0.1) is 0 Å². The molecule has 0 bridgehead atoms. The van der Waals surface area contributed by atoms with Crippen molar-refractivity contribution >= 4 is 40.4 Å². The monoisotopic (exact) mass is 419 g/mol. The summed E-state index contributed by atoms with van der Waals surface area (Å²) in [6.45, 7) is 1.46. The van der Waals surface area contributed by atoms with Gasteiger partial charge < -0.3 is 14.6 Å². The molecule has 1 N–H and O–H groups in total. The summed E-state index contributed by atoms with van der Waals surface area (Å²) in [5, 5.41) is 2.56. The molecule has 0 aliphatic carbocycles. The first kappa shape index (κ1) is 20.8. The van der Waals surface area contributed by atoms with E-state index in [4.69, 9.17) is 4.74 Å². The topological polar surface area (TPSA) is 73.2 Å². The van der Waals surface area contributed by atoms with Crippen LogP contribution in [0.15, 0.2) is 53.4 Å². The minimum Gasteiger partial charge on any atom is -0.454 e. The summed E-state index contributed by atoms with van der Waals surface area (Å²) in [5.74, 6) is -2.81. The van der Waals surface area contributed by atoms with Gasteiger partial charge in [0.25, 0.3) is 11.7 Å². The summed E-state index contributed by atoms with van der Waals surface area (Å²) < 4.78 is 31.5. The standard InChI is InChI=1S/C20H19F2N3O3S/c1-2-17-24-15-5-3-4-6-16(15)25(17)11-19(27)28-12-18(26)23-13-7-9-14(10-8-13)29-20(21)22/h3-10,20H,2,11-12H2,1H3,(H,23,26). The molecule has 1 aromatic heterocycles. The second-order valence-corrected chi connectivity index (χ2v) is 7.13. The molecule has 0 atom stereocenters. The first-order valence-electron chi connectivity index (χ1n) is 8.90. The molecule has 9 heteroatoms. The molecule has 0 saturated carbocycles. The van der Waals surface area contributed by atoms with Gasteiger partial charge in [-0.3, -0.25) is 9.59 Å². The van der Waals surface area contributed by atoms with Gasteiger partial charge in [-0.25, -0.2) is 4.98 Å². The number of halogens is 2. The number of hydrogen-bond donors (Lipinski definition) is 1. The molecule has 0 radical (unpaired) electrons. The molecule has 0 aliphatic rings. The van der Waals surface area contributed by atoms with E-state index in [-0.39, 0.29) is 6.54 Å². The smallest absolute Gasteiger partial charge is 0.326 e. The van der Waals surface area contributed by atoms with Crippen molar-refractivity contribution in [2.24, 2.45) is 0 Å². The van der Waals surface area contributed by atoms with E-state index in [1.807, 2.05) is 31.2 Å². The van der Waals surface area contributed by atoms with E-state index >= 15 is 0 Å². The fourth-order valence-corrected chi connectivity index (χ4v) is 3.31. The van der Waals surface area contributed by atoms with Crippen molar-refractivity contribution in [2.75, 3.05) is 11.9 Å². The van der Waals surface area contributed by atoms with Gasteiger partial charge in [0.1, 0.15) is 12.4 Å². The van der Waals surface area contributed by atoms with Crippen molar-refractivity contribution in [1.29, 1.82) is 0 Å². The lowest BCUT2D eigenvalue weighted by Gasteiger charge is -2.09. The van der Waals surface area contributed by atoms with Gasteiger partial charge in [-0.05, 0) is 36.4 Å². The van der Waals surface area contributed by atoms with Crippen molar-refractivity contribution < 1.29 is 23.1 Å². The lowest BCUT2D eigenvalue weighted by atomic mass is 10.3. The number of imidazole rings is 1. The first-order chi connectivity index (χ1) is 14.0. The molecule has 0 aliphatic heterocycles. The number of anilines is 1. The largest absolute Gasteiger partial charge is 0.454 e. The Morgan fingerprint density at radius 3 is 2.59 bits per heavy atom. The highest BCUT2D eigenvalue weighted by molar-refractivity contribution is 7.99. The summed E-state index contributed by atoms with van der Waals surface area (Å²) >= 11 is 0.423. The van der Waals surface area contributed by atoms with Crippen LogP contribution < -0.4 is 5.32 Å². The molecule has 1 heterocycles. The Kier molecular flexibility index (Phi) is 6.82. The first-order valence-corrected chi connectivity index (χ1v) is 9.78. The zero-order valence-corrected chi connectivity index (χ0v) is 16.4. The highest BCUT2D eigenvalue weighted by atomic mass is 32.2. The van der Waals surface area contributed by atoms with Crippen LogP contribution >= 0.6 is 11.8 Å². The molecule has 152 valence electrons. The van der Waals surface area contributed by atoms with Gasteiger partial charge in [0, 0.05) is 17.0 Å². The Hall–Kier alpha value is -2.94. The zero-order valence-electron chi connectivity index (χ0n) is 15.6. The molecule has 0 fully saturated rings. The van der Waals surface area contributed by atoms with Crippen LogP contribution in [0.2, 0.25) is 0 Å². The number of ether oxygens (including phenoxy) is 1. The summed E-state index contributed by atoms with van der Waals surface area (Å²) in [6, 6.07) is 13.5. The molecule has 1 amide bonds. The van der Waals surface area contributed by atoms with Crippen molar-refractivity contribution in [3.63, 3.8) is 0 Å². The van der Waals surface area contributed by atoms with E-state index in [0.29, 0.717) is 28.8 Å². The normalized spacial score (nSPS) is 11.0. The lowest BCUT2D eigenvalue weighted by molar-refractivity contribution is -0.147. The van der Waals surface area contributed by atoms with Gasteiger partial charge in [-0.2, -0.15) is 8.78 Å². The third kappa shape index (κ3) is 5.54. The highest BCUT2D eigenvalue weighted by Crippen LogP contribution is 2.26. The number of alkyl halides is 2. The number of rotatable bonds is 8. The van der Waals surface area contributed by atoms with Gasteiger partial charge >= 0.3 is 5.97 Å². The minimum absolute atomic E-state index is 0.0451. The van der Waals surface area contributed by atoms with Crippen LogP contribution in [0.1, 0.15) is 12.7 Å². The average molecular weight is 419 g/mol. The van der Waals surface area contributed by atoms with Crippen LogP contribution in [-0.4, -0.2) is 33.8 Å². The van der Waals surface area contributed by atoms with Crippen molar-refractivity contribution in [3.05, 3.63) is 54.4 Å². The van der Waals surface area contributed by atoms with Crippen LogP contribution in [0.4, 0.5) is 14.5 Å². The molecule has 0 spiro atoms. The number of esters is 1. The number of carbonyl (C=O) groups is 2. The number of aryl methyl sites for hydroxylation is 1. The van der Waals surface area contributed by atoms with Crippen molar-refractivity contribution in [2.45, 2.75) is 30.5 Å². The van der Waals surface area contributed by atoms with Crippen LogP contribution in [-0.2, 0) is 27.3 Å². The van der Waals surface area contributed by atoms with E-state index in [0.717, 1.165) is 16.9 Å². The number of carbonyl (C=O) groups excluding carboxylic acids is 2. The van der Waals surface area contributed by atoms with Crippen LogP contribution in [0.25, 0.3) is 11.0 Å². The maximum atomic E-state index is 12.3. The fraction of sp³-hybridized carbons (Fsp3) is 0.250. The Morgan fingerprint density at radius 2 is 1.90 bits per heavy atom. The van der Waals surface area contributed by atoms with Crippen LogP contribution in [0.5, 0.6) is 0 Å². The van der Waals surface area contributed by atoms with Gasteiger partial charge in [0.05, 0.1) is 11.0 Å². The number of benzene rings is 2. The third-order valence-electron chi connectivity index (χ3n) is 4.06. The molecular formula is C20H19F2N3O3S. The molecule has 3 aromatic rings. The fourth-order valence-electron chi connectivity index (χ4n) is 2.81. The molecular weight excluding hydrogens is 400 g/mol. The van der Waals surface area contributed by atoms with Crippen LogP contribution in [0, 0.1) is 0 Å². The summed E-state index contributed by atoms with van der Waals surface area (Å²) in [6.07, 6.45) is 0.655. The predicted octanol–water partition coefficient (Wildman–Crippen LogP) is 4.10. The number of nitrogens with zero attached hydrogens (tertiary/aromatic N) is 2. The molecule has 0 unspecified atom stereocenters. The lowest BCUT2D eigenvalue weighted by Crippen LogP contribution is -2.23. The Labute approximate surface area is 170 Å². The van der Waals surface area contributed by atoms with Crippen LogP contribution in [0.3, 0.4) is 0 Å². The van der Waals surface area contributed by atoms with E-state index in [1.54, 1.807) is 4.57 Å². The summed E-state index contributed by atoms with van der Waals surface area (Å²) in [7, 11) is 0. The second kappa shape index (κ2) is 9.51. The number of para-hydroxylation sites is 2. The average Bonchev–Trinajstić information content (AvgIpc) is 3.05. The van der Waals surface area contributed by atoms with Gasteiger partial charge in [0.2, 0.25) is 0 Å². The molecule has 6 nitrogen and oxygen atoms in total. The SMILES string of the molecule is CCc1nc2ccccc2n1CC(=O)OCC(=O)Nc1ccc(SC(F)F)cc1. The minimum atomic E-state index is -2.50. The second-order valence-electron chi connectivity index (χ2n) is 6.07. The molecule has 0 saturated heterocycles. The van der Waals surface area contributed by atoms with E-state index in [9.17, 15) is 18.4 Å². The van der Waals surface area contributed by atoms with E-state index < -0.39 is 24.2 Å². The zero-order chi connectivity index (χ0) is 20.8. The summed E-state index contributed by atoms with van der Waals surface area (Å²) in [5.41, 5.74) is 2.05. The van der Waals surface area contributed by atoms with Gasteiger partial charge in [0.15, 0.2) is 6.61 Å². The number of amides is 1. The number of fused-ring (bicyclic) bond motifs is 1. The predicted molar refractivity (Wildman–Crippen MR) is 107 cm³/mol. The number of thioether (sulfide) groups is 1. The number of aromatic nitrogens is 2. The van der Waals surface area contributed by atoms with Gasteiger partial charge in [-0.1, -0.05) is 30.8 Å². The summed E-state index contributed by atoms with van der Waals surface area (Å²) in [4.78, 5) is 29.1. The molecule has 2 aromatic carbocycles. The Morgan fingerprint density at radius 1 is 1.17 bits per heavy atom. The molecule has 3 rings (SSSR count). The molecule has 29 heavy (non-hydrogen) atoms. The number of nitrogens with one attached hydrogen (secondary N) is 1. The maximum absolute atomic E-state index is 12.3. The van der Waals surface area contributed by atoms with E-state index in [1.165, 1.54) is 24.3 Å². The van der Waals surface area contributed by atoms with Crippen molar-refractivity contribution in [1.82, 2.24) is 9.55 Å². The Balaban J connectivity index is 1.54. The maximum Gasteiger partial charge on any atom is 0.326 e. The Bertz CT molecular complexity index is 1010. The van der Waals surface area contributed by atoms with E-state index in [2.05, 4.69) is 10.3 Å². The third-order valence-corrected chi connectivity index (χ3v) is 4.79. The highest BCUT2D eigenvalue weighted by Gasteiger charge is 2.14. The van der Waals surface area contributed by atoms with Crippen molar-refractivity contribution in [3.8, 4) is 0 Å². The quantitative estimate of drug-likeness (QED) is 0.440.